The van der Waals surface area contributed by atoms with E-state index >= 15 is 0 Å². The quantitative estimate of drug-likeness (QED) is 0.494. The van der Waals surface area contributed by atoms with Gasteiger partial charge in [0.2, 0.25) is 0 Å². The molecule has 0 saturated carbocycles. The van der Waals surface area contributed by atoms with E-state index in [0.29, 0.717) is 26.4 Å². The summed E-state index contributed by atoms with van der Waals surface area (Å²) in [6.07, 6.45) is 0. The Balaban J connectivity index is 3.43. The van der Waals surface area contributed by atoms with Gasteiger partial charge in [-0.15, -0.1) is 0 Å². The van der Waals surface area contributed by atoms with Crippen LogP contribution in [-0.4, -0.2) is 33.1 Å². The molecule has 0 aliphatic heterocycles. The minimum absolute atomic E-state index is 0.325. The normalized spacial score (nSPS) is 14.7. The molecule has 0 spiro atoms. The molecule has 1 aromatic carbocycles. The summed E-state index contributed by atoms with van der Waals surface area (Å²) in [7, 11) is -7.50. The zero-order valence-corrected chi connectivity index (χ0v) is 17.4. The van der Waals surface area contributed by atoms with Gasteiger partial charge in [0.05, 0.1) is 0 Å². The Kier molecular flexibility index (Phi) is 9.41. The van der Waals surface area contributed by atoms with Crippen molar-refractivity contribution in [3.8, 4) is 0 Å². The summed E-state index contributed by atoms with van der Waals surface area (Å²) >= 11 is 0. The van der Waals surface area contributed by atoms with E-state index in [9.17, 15) is 4.57 Å². The van der Waals surface area contributed by atoms with Gasteiger partial charge in [-0.3, -0.25) is 0 Å². The molecule has 1 unspecified atom stereocenters. The molecule has 0 bridgehead atoms. The Bertz CT molecular complexity index is 481. The molecule has 1 rings (SSSR count). The van der Waals surface area contributed by atoms with Gasteiger partial charge in [-0.1, -0.05) is 0 Å². The molecule has 0 amide bonds. The van der Waals surface area contributed by atoms with Crippen molar-refractivity contribution in [2.45, 2.75) is 27.7 Å². The maximum atomic E-state index is 13.6. The third-order valence-corrected chi connectivity index (χ3v) is 20.1. The van der Waals surface area contributed by atoms with Crippen LogP contribution in [0.25, 0.3) is 0 Å². The van der Waals surface area contributed by atoms with Gasteiger partial charge in [0.25, 0.3) is 0 Å². The van der Waals surface area contributed by atoms with Crippen LogP contribution in [0.4, 0.5) is 0 Å². The Morgan fingerprint density at radius 2 is 1.39 bits per heavy atom. The van der Waals surface area contributed by atoms with Crippen molar-refractivity contribution in [2.24, 2.45) is 0 Å². The van der Waals surface area contributed by atoms with E-state index in [2.05, 4.69) is 0 Å². The molecule has 1 atom stereocenters. The van der Waals surface area contributed by atoms with E-state index in [0.717, 1.165) is 5.30 Å². The molecule has 8 heteroatoms. The standard InChI is InChI=1S/C15H29O5P3/c1-6-17-22(5,18-7-2)21(15-13-11-10-12-14-15)23(16,19-8-3)20-9-4/h10-14,22H,6-9H2,1-5H3. The van der Waals surface area contributed by atoms with Crippen LogP contribution >= 0.6 is 22.0 Å². The summed E-state index contributed by atoms with van der Waals surface area (Å²) < 4.78 is 37.0. The van der Waals surface area contributed by atoms with Gasteiger partial charge in [0, 0.05) is 0 Å². The minimum atomic E-state index is -3.36. The van der Waals surface area contributed by atoms with Gasteiger partial charge in [-0.25, -0.2) is 0 Å². The number of hydrogen-bond donors (Lipinski definition) is 0. The van der Waals surface area contributed by atoms with Crippen LogP contribution in [0.15, 0.2) is 30.3 Å². The molecule has 0 fully saturated rings. The zero-order valence-electron chi connectivity index (χ0n) is 14.7. The van der Waals surface area contributed by atoms with E-state index < -0.39 is 22.0 Å². The topological polar surface area (TPSA) is 54.0 Å². The molecule has 0 N–H and O–H groups in total. The molecule has 0 saturated heterocycles. The molecule has 23 heavy (non-hydrogen) atoms. The SMILES string of the molecule is CCOP(=O)(OCC)P(c1ccccc1)[PH](C)(OCC)OCC. The first-order chi connectivity index (χ1) is 11.0. The van der Waals surface area contributed by atoms with Crippen LogP contribution in [0, 0.1) is 0 Å². The molecule has 0 aliphatic rings. The number of hydrogen-bond acceptors (Lipinski definition) is 5. The Morgan fingerprint density at radius 3 is 1.78 bits per heavy atom. The Hall–Kier alpha value is 0.150. The summed E-state index contributed by atoms with van der Waals surface area (Å²) in [5, 5.41) is 0.934. The zero-order chi connectivity index (χ0) is 17.3. The van der Waals surface area contributed by atoms with E-state index in [1.54, 1.807) is 0 Å². The average Bonchev–Trinajstić information content (AvgIpc) is 2.49. The van der Waals surface area contributed by atoms with Gasteiger partial charge in [-0.05, 0) is 0 Å². The second-order valence-electron chi connectivity index (χ2n) is 4.72. The fourth-order valence-corrected chi connectivity index (χ4v) is 19.8. The third-order valence-electron chi connectivity index (χ3n) is 3.04. The van der Waals surface area contributed by atoms with Gasteiger partial charge >= 0.3 is 141 Å². The van der Waals surface area contributed by atoms with Gasteiger partial charge in [0.1, 0.15) is 0 Å². The Morgan fingerprint density at radius 1 is 0.913 bits per heavy atom. The van der Waals surface area contributed by atoms with Crippen LogP contribution in [-0.2, 0) is 22.7 Å². The molecule has 134 valence electrons. The molecule has 0 heterocycles. The van der Waals surface area contributed by atoms with E-state index in [1.165, 1.54) is 0 Å². The predicted octanol–water partition coefficient (Wildman–Crippen LogP) is 5.17. The average molecular weight is 382 g/mol. The molecule has 0 aliphatic carbocycles. The van der Waals surface area contributed by atoms with E-state index in [-0.39, 0.29) is 0 Å². The first-order valence-electron chi connectivity index (χ1n) is 8.00. The summed E-state index contributed by atoms with van der Waals surface area (Å²) in [5.41, 5.74) is 0. The molecular weight excluding hydrogens is 353 g/mol. The molecule has 0 radical (unpaired) electrons. The van der Waals surface area contributed by atoms with Gasteiger partial charge < -0.3 is 0 Å². The predicted molar refractivity (Wildman–Crippen MR) is 101 cm³/mol. The van der Waals surface area contributed by atoms with Crippen molar-refractivity contribution in [3.63, 3.8) is 0 Å². The van der Waals surface area contributed by atoms with Gasteiger partial charge in [-0.2, -0.15) is 0 Å². The summed E-state index contributed by atoms with van der Waals surface area (Å²) in [6, 6.07) is 9.71. The fraction of sp³-hybridized carbons (Fsp3) is 0.600. The van der Waals surface area contributed by atoms with Crippen molar-refractivity contribution in [2.75, 3.05) is 33.1 Å². The van der Waals surface area contributed by atoms with Crippen molar-refractivity contribution in [3.05, 3.63) is 30.3 Å². The first kappa shape index (κ1) is 21.2. The van der Waals surface area contributed by atoms with Crippen LogP contribution in [0.1, 0.15) is 27.7 Å². The van der Waals surface area contributed by atoms with Crippen LogP contribution in [0.5, 0.6) is 0 Å². The van der Waals surface area contributed by atoms with Crippen molar-refractivity contribution in [1.29, 1.82) is 0 Å². The molecule has 1 aromatic rings. The van der Waals surface area contributed by atoms with Crippen molar-refractivity contribution >= 4 is 27.3 Å². The number of benzene rings is 1. The molecule has 0 aromatic heterocycles. The van der Waals surface area contributed by atoms with E-state index in [1.807, 2.05) is 64.7 Å². The Labute approximate surface area is 141 Å². The first-order valence-corrected chi connectivity index (χ1v) is 14.7. The van der Waals surface area contributed by atoms with E-state index in [4.69, 9.17) is 18.1 Å². The summed E-state index contributed by atoms with van der Waals surface area (Å²) in [6.45, 7) is 11.1. The van der Waals surface area contributed by atoms with Crippen molar-refractivity contribution in [1.82, 2.24) is 0 Å². The monoisotopic (exact) mass is 382 g/mol. The molecular formula is C15H29O5P3. The summed E-state index contributed by atoms with van der Waals surface area (Å²) in [5.74, 6) is 0. The number of rotatable bonds is 11. The van der Waals surface area contributed by atoms with Crippen LogP contribution < -0.4 is 5.30 Å². The maximum absolute atomic E-state index is 13.6. The second kappa shape index (κ2) is 10.2. The van der Waals surface area contributed by atoms with Crippen LogP contribution in [0.3, 0.4) is 0 Å². The van der Waals surface area contributed by atoms with Gasteiger partial charge in [0.15, 0.2) is 0 Å². The van der Waals surface area contributed by atoms with Crippen molar-refractivity contribution < 1.29 is 22.7 Å². The van der Waals surface area contributed by atoms with Crippen LogP contribution in [0.2, 0.25) is 0 Å². The summed E-state index contributed by atoms with van der Waals surface area (Å²) in [4.78, 5) is 0. The third kappa shape index (κ3) is 5.58. The fourth-order valence-electron chi connectivity index (χ4n) is 2.35. The second-order valence-corrected chi connectivity index (χ2v) is 17.3. The molecule has 5 nitrogen and oxygen atoms in total.